The summed E-state index contributed by atoms with van der Waals surface area (Å²) in [5.74, 6) is 0.855. The van der Waals surface area contributed by atoms with Gasteiger partial charge in [-0.1, -0.05) is 13.0 Å². The second-order valence-corrected chi connectivity index (χ2v) is 3.84. The minimum atomic E-state index is -0.119. The summed E-state index contributed by atoms with van der Waals surface area (Å²) in [4.78, 5) is 1.97. The molecule has 0 radical (unpaired) electrons. The van der Waals surface area contributed by atoms with Crippen LogP contribution < -0.4 is 10.5 Å². The lowest BCUT2D eigenvalue weighted by Gasteiger charge is -2.22. The number of nitrogens with two attached hydrogens (primary N) is 1. The molecule has 3 nitrogen and oxygen atoms in total. The van der Waals surface area contributed by atoms with Gasteiger partial charge < -0.3 is 10.5 Å². The third-order valence-corrected chi connectivity index (χ3v) is 2.58. The van der Waals surface area contributed by atoms with Crippen LogP contribution in [-0.4, -0.2) is 26.1 Å². The highest BCUT2D eigenvalue weighted by atomic mass is 16.5. The Kier molecular flexibility index (Phi) is 4.12. The van der Waals surface area contributed by atoms with Crippen LogP contribution in [0.5, 0.6) is 5.75 Å². The van der Waals surface area contributed by atoms with E-state index in [1.165, 1.54) is 5.56 Å². The first-order chi connectivity index (χ1) is 7.10. The zero-order valence-corrected chi connectivity index (χ0v) is 9.95. The van der Waals surface area contributed by atoms with Gasteiger partial charge in [-0.2, -0.15) is 0 Å². The molecule has 0 bridgehead atoms. The molecule has 3 heteroatoms. The summed E-state index contributed by atoms with van der Waals surface area (Å²) >= 11 is 0. The normalized spacial score (nSPS) is 12.9. The van der Waals surface area contributed by atoms with Crippen molar-refractivity contribution >= 4 is 0 Å². The highest BCUT2D eigenvalue weighted by Gasteiger charge is 2.13. The average Bonchev–Trinajstić information content (AvgIpc) is 2.27. The van der Waals surface area contributed by atoms with Gasteiger partial charge in [0.05, 0.1) is 13.3 Å². The minimum absolute atomic E-state index is 0.119. The second kappa shape index (κ2) is 5.14. The van der Waals surface area contributed by atoms with E-state index < -0.39 is 0 Å². The van der Waals surface area contributed by atoms with Crippen LogP contribution in [0, 0.1) is 0 Å². The first kappa shape index (κ1) is 12.0. The average molecular weight is 208 g/mol. The molecule has 0 amide bonds. The van der Waals surface area contributed by atoms with E-state index in [0.29, 0.717) is 0 Å². The van der Waals surface area contributed by atoms with E-state index in [1.807, 2.05) is 25.1 Å². The van der Waals surface area contributed by atoms with Crippen LogP contribution in [0.3, 0.4) is 0 Å². The molecule has 0 spiro atoms. The van der Waals surface area contributed by atoms with Crippen LogP contribution >= 0.6 is 0 Å². The van der Waals surface area contributed by atoms with E-state index >= 15 is 0 Å². The molecule has 1 rings (SSSR count). The summed E-state index contributed by atoms with van der Waals surface area (Å²) in [5.41, 5.74) is 8.41. The number of hydrogen-bond acceptors (Lipinski definition) is 3. The molecule has 0 aliphatic heterocycles. The number of hydrogen-bond donors (Lipinski definition) is 1. The van der Waals surface area contributed by atoms with Gasteiger partial charge in [0.2, 0.25) is 0 Å². The molecule has 0 saturated carbocycles. The summed E-state index contributed by atoms with van der Waals surface area (Å²) in [6.45, 7) is 2.13. The van der Waals surface area contributed by atoms with Crippen molar-refractivity contribution in [3.05, 3.63) is 29.3 Å². The van der Waals surface area contributed by atoms with E-state index in [-0.39, 0.29) is 6.17 Å². The molecule has 1 aromatic carbocycles. The summed E-state index contributed by atoms with van der Waals surface area (Å²) in [7, 11) is 5.60. The molecule has 1 aromatic rings. The first-order valence-corrected chi connectivity index (χ1v) is 5.19. The van der Waals surface area contributed by atoms with Crippen molar-refractivity contribution in [2.45, 2.75) is 19.5 Å². The third-order valence-electron chi connectivity index (χ3n) is 2.58. The fourth-order valence-electron chi connectivity index (χ4n) is 1.51. The summed E-state index contributed by atoms with van der Waals surface area (Å²) in [6, 6.07) is 6.17. The predicted octanol–water partition coefficient (Wildman–Crippen LogP) is 1.78. The Labute approximate surface area is 91.8 Å². The van der Waals surface area contributed by atoms with E-state index in [4.69, 9.17) is 10.5 Å². The van der Waals surface area contributed by atoms with Gasteiger partial charge in [-0.3, -0.25) is 4.90 Å². The minimum Gasteiger partial charge on any atom is -0.496 e. The Morgan fingerprint density at radius 2 is 2.07 bits per heavy atom. The van der Waals surface area contributed by atoms with Crippen LogP contribution in [0.1, 0.15) is 24.2 Å². The maximum Gasteiger partial charge on any atom is 0.124 e. The quantitative estimate of drug-likeness (QED) is 0.766. The standard InChI is InChI=1S/C12H20N2O/c1-5-9-6-7-11(15-4)10(8-9)12(13)14(2)3/h6-8,12H,5,13H2,1-4H3. The molecule has 1 atom stereocenters. The Balaban J connectivity index is 3.11. The van der Waals surface area contributed by atoms with Crippen molar-refractivity contribution in [3.8, 4) is 5.75 Å². The molecular weight excluding hydrogens is 188 g/mol. The van der Waals surface area contributed by atoms with Crippen molar-refractivity contribution in [2.75, 3.05) is 21.2 Å². The van der Waals surface area contributed by atoms with E-state index in [2.05, 4.69) is 19.1 Å². The number of aryl methyl sites for hydroxylation is 1. The van der Waals surface area contributed by atoms with Gasteiger partial charge in [-0.05, 0) is 38.2 Å². The zero-order chi connectivity index (χ0) is 11.4. The molecule has 0 saturated heterocycles. The molecule has 0 aromatic heterocycles. The molecule has 0 aliphatic carbocycles. The first-order valence-electron chi connectivity index (χ1n) is 5.19. The maximum atomic E-state index is 6.08. The summed E-state index contributed by atoms with van der Waals surface area (Å²) < 4.78 is 5.31. The van der Waals surface area contributed by atoms with Gasteiger partial charge in [0.15, 0.2) is 0 Å². The highest BCUT2D eigenvalue weighted by molar-refractivity contribution is 5.39. The zero-order valence-electron chi connectivity index (χ0n) is 9.95. The smallest absolute Gasteiger partial charge is 0.124 e. The van der Waals surface area contributed by atoms with E-state index in [1.54, 1.807) is 7.11 Å². The molecule has 0 heterocycles. The Morgan fingerprint density at radius 1 is 1.40 bits per heavy atom. The van der Waals surface area contributed by atoms with Gasteiger partial charge in [0.25, 0.3) is 0 Å². The molecular formula is C12H20N2O. The fraction of sp³-hybridized carbons (Fsp3) is 0.500. The SMILES string of the molecule is CCc1ccc(OC)c(C(N)N(C)C)c1. The number of nitrogens with zero attached hydrogens (tertiary/aromatic N) is 1. The topological polar surface area (TPSA) is 38.5 Å². The lowest BCUT2D eigenvalue weighted by atomic mass is 10.1. The largest absolute Gasteiger partial charge is 0.496 e. The van der Waals surface area contributed by atoms with Gasteiger partial charge in [-0.25, -0.2) is 0 Å². The molecule has 0 aliphatic rings. The van der Waals surface area contributed by atoms with Gasteiger partial charge >= 0.3 is 0 Å². The number of benzene rings is 1. The third kappa shape index (κ3) is 2.70. The number of methoxy groups -OCH3 is 1. The van der Waals surface area contributed by atoms with Crippen LogP contribution in [0.25, 0.3) is 0 Å². The van der Waals surface area contributed by atoms with Crippen LogP contribution in [0.4, 0.5) is 0 Å². The molecule has 1 unspecified atom stereocenters. The van der Waals surface area contributed by atoms with Crippen LogP contribution in [-0.2, 0) is 6.42 Å². The van der Waals surface area contributed by atoms with Crippen molar-refractivity contribution in [3.63, 3.8) is 0 Å². The van der Waals surface area contributed by atoms with Gasteiger partial charge in [-0.15, -0.1) is 0 Å². The number of rotatable bonds is 4. The van der Waals surface area contributed by atoms with Gasteiger partial charge in [0, 0.05) is 5.56 Å². The number of ether oxygens (including phenoxy) is 1. The second-order valence-electron chi connectivity index (χ2n) is 3.84. The van der Waals surface area contributed by atoms with Crippen molar-refractivity contribution < 1.29 is 4.74 Å². The van der Waals surface area contributed by atoms with Crippen molar-refractivity contribution in [1.29, 1.82) is 0 Å². The monoisotopic (exact) mass is 208 g/mol. The molecule has 15 heavy (non-hydrogen) atoms. The van der Waals surface area contributed by atoms with Crippen molar-refractivity contribution in [2.24, 2.45) is 5.73 Å². The Bertz CT molecular complexity index is 323. The highest BCUT2D eigenvalue weighted by Crippen LogP contribution is 2.26. The fourth-order valence-corrected chi connectivity index (χ4v) is 1.51. The molecule has 84 valence electrons. The molecule has 2 N–H and O–H groups in total. The summed E-state index contributed by atoms with van der Waals surface area (Å²) in [6.07, 6.45) is 0.892. The van der Waals surface area contributed by atoms with E-state index in [9.17, 15) is 0 Å². The van der Waals surface area contributed by atoms with Crippen LogP contribution in [0.15, 0.2) is 18.2 Å². The Hall–Kier alpha value is -1.06. The van der Waals surface area contributed by atoms with Gasteiger partial charge in [0.1, 0.15) is 5.75 Å². The maximum absolute atomic E-state index is 6.08. The Morgan fingerprint density at radius 3 is 2.53 bits per heavy atom. The predicted molar refractivity (Wildman–Crippen MR) is 63.0 cm³/mol. The molecule has 0 fully saturated rings. The van der Waals surface area contributed by atoms with Crippen LogP contribution in [0.2, 0.25) is 0 Å². The van der Waals surface area contributed by atoms with Crippen molar-refractivity contribution in [1.82, 2.24) is 4.90 Å². The summed E-state index contributed by atoms with van der Waals surface area (Å²) in [5, 5.41) is 0. The van der Waals surface area contributed by atoms with E-state index in [0.717, 1.165) is 17.7 Å². The lowest BCUT2D eigenvalue weighted by molar-refractivity contribution is 0.295. The lowest BCUT2D eigenvalue weighted by Crippen LogP contribution is -2.28.